The standard InChI is InChI=1S/C18H30N2O/c1-14(2)16-10-9-15(17(19-16)13-20(3)4)18(21-5)11-7-6-8-12-18/h9-10,14H,6-8,11-13H2,1-5H3. The Hall–Kier alpha value is -0.930. The largest absolute Gasteiger partial charge is 0.373 e. The van der Waals surface area contributed by atoms with Crippen LogP contribution in [0.4, 0.5) is 0 Å². The highest BCUT2D eigenvalue weighted by Gasteiger charge is 2.36. The van der Waals surface area contributed by atoms with Crippen molar-refractivity contribution in [2.45, 2.75) is 64.0 Å². The Balaban J connectivity index is 2.44. The molecule has 0 unspecified atom stereocenters. The number of aromatic nitrogens is 1. The van der Waals surface area contributed by atoms with Crippen LogP contribution in [-0.4, -0.2) is 31.1 Å². The summed E-state index contributed by atoms with van der Waals surface area (Å²) in [6.45, 7) is 5.28. The summed E-state index contributed by atoms with van der Waals surface area (Å²) in [7, 11) is 6.07. The first-order valence-corrected chi connectivity index (χ1v) is 8.18. The molecule has 0 bridgehead atoms. The zero-order valence-electron chi connectivity index (χ0n) is 14.3. The summed E-state index contributed by atoms with van der Waals surface area (Å²) in [5, 5.41) is 0. The van der Waals surface area contributed by atoms with Crippen molar-refractivity contribution in [3.8, 4) is 0 Å². The van der Waals surface area contributed by atoms with Gasteiger partial charge < -0.3 is 9.64 Å². The van der Waals surface area contributed by atoms with Crippen LogP contribution in [0, 0.1) is 0 Å². The van der Waals surface area contributed by atoms with Crippen molar-refractivity contribution >= 4 is 0 Å². The van der Waals surface area contributed by atoms with E-state index in [9.17, 15) is 0 Å². The van der Waals surface area contributed by atoms with Crippen molar-refractivity contribution in [2.75, 3.05) is 21.2 Å². The molecule has 3 heteroatoms. The minimum Gasteiger partial charge on any atom is -0.373 e. The molecule has 2 rings (SSSR count). The maximum Gasteiger partial charge on any atom is 0.0945 e. The quantitative estimate of drug-likeness (QED) is 0.817. The SMILES string of the molecule is COC1(c2ccc(C(C)C)nc2CN(C)C)CCCCC1. The highest BCUT2D eigenvalue weighted by molar-refractivity contribution is 5.31. The number of rotatable bonds is 5. The third-order valence-corrected chi connectivity index (χ3v) is 4.60. The highest BCUT2D eigenvalue weighted by Crippen LogP contribution is 2.41. The van der Waals surface area contributed by atoms with E-state index in [1.807, 2.05) is 7.11 Å². The molecule has 0 spiro atoms. The van der Waals surface area contributed by atoms with Gasteiger partial charge in [-0.2, -0.15) is 0 Å². The van der Waals surface area contributed by atoms with E-state index in [-0.39, 0.29) is 5.60 Å². The maximum absolute atomic E-state index is 6.03. The molecular weight excluding hydrogens is 260 g/mol. The van der Waals surface area contributed by atoms with E-state index in [1.165, 1.54) is 36.2 Å². The van der Waals surface area contributed by atoms with Crippen molar-refractivity contribution < 1.29 is 4.74 Å². The lowest BCUT2D eigenvalue weighted by molar-refractivity contribution is -0.0457. The average Bonchev–Trinajstić information content (AvgIpc) is 2.47. The summed E-state index contributed by atoms with van der Waals surface area (Å²) in [6.07, 6.45) is 6.06. The maximum atomic E-state index is 6.03. The molecule has 1 aromatic rings. The van der Waals surface area contributed by atoms with Crippen LogP contribution in [0.5, 0.6) is 0 Å². The lowest BCUT2D eigenvalue weighted by Crippen LogP contribution is -2.33. The molecule has 1 heterocycles. The molecule has 118 valence electrons. The van der Waals surface area contributed by atoms with Gasteiger partial charge in [0.25, 0.3) is 0 Å². The average molecular weight is 290 g/mol. The molecule has 0 amide bonds. The first-order chi connectivity index (χ1) is 9.98. The number of pyridine rings is 1. The third-order valence-electron chi connectivity index (χ3n) is 4.60. The first-order valence-electron chi connectivity index (χ1n) is 8.18. The molecule has 0 aliphatic heterocycles. The number of hydrogen-bond acceptors (Lipinski definition) is 3. The summed E-state index contributed by atoms with van der Waals surface area (Å²) in [6, 6.07) is 4.46. The number of methoxy groups -OCH3 is 1. The van der Waals surface area contributed by atoms with Gasteiger partial charge in [0.05, 0.1) is 11.3 Å². The fourth-order valence-corrected chi connectivity index (χ4v) is 3.38. The summed E-state index contributed by atoms with van der Waals surface area (Å²) >= 11 is 0. The molecular formula is C18H30N2O. The van der Waals surface area contributed by atoms with Gasteiger partial charge in [-0.1, -0.05) is 39.2 Å². The van der Waals surface area contributed by atoms with Gasteiger partial charge in [0.15, 0.2) is 0 Å². The Bertz CT molecular complexity index is 462. The van der Waals surface area contributed by atoms with Gasteiger partial charge in [-0.05, 0) is 38.9 Å². The predicted octanol–water partition coefficient (Wildman–Crippen LogP) is 4.07. The van der Waals surface area contributed by atoms with E-state index in [4.69, 9.17) is 9.72 Å². The van der Waals surface area contributed by atoms with E-state index in [2.05, 4.69) is 45.0 Å². The smallest absolute Gasteiger partial charge is 0.0945 e. The van der Waals surface area contributed by atoms with Crippen LogP contribution >= 0.6 is 0 Å². The van der Waals surface area contributed by atoms with Crippen LogP contribution in [0.15, 0.2) is 12.1 Å². The van der Waals surface area contributed by atoms with Crippen LogP contribution in [0.3, 0.4) is 0 Å². The van der Waals surface area contributed by atoms with Gasteiger partial charge in [0.1, 0.15) is 0 Å². The van der Waals surface area contributed by atoms with Crippen molar-refractivity contribution in [1.29, 1.82) is 0 Å². The third kappa shape index (κ3) is 3.64. The number of nitrogens with zero attached hydrogens (tertiary/aromatic N) is 2. The fourth-order valence-electron chi connectivity index (χ4n) is 3.38. The van der Waals surface area contributed by atoms with Crippen molar-refractivity contribution in [3.05, 3.63) is 29.1 Å². The number of hydrogen-bond donors (Lipinski definition) is 0. The van der Waals surface area contributed by atoms with Gasteiger partial charge >= 0.3 is 0 Å². The van der Waals surface area contributed by atoms with Crippen LogP contribution in [-0.2, 0) is 16.9 Å². The Morgan fingerprint density at radius 2 is 1.86 bits per heavy atom. The molecule has 0 N–H and O–H groups in total. The fraction of sp³-hybridized carbons (Fsp3) is 0.722. The zero-order chi connectivity index (χ0) is 15.5. The minimum absolute atomic E-state index is 0.119. The molecule has 21 heavy (non-hydrogen) atoms. The molecule has 0 radical (unpaired) electrons. The van der Waals surface area contributed by atoms with Gasteiger partial charge in [0.2, 0.25) is 0 Å². The molecule has 1 saturated carbocycles. The zero-order valence-corrected chi connectivity index (χ0v) is 14.3. The molecule has 1 aliphatic rings. The molecule has 1 aromatic heterocycles. The molecule has 3 nitrogen and oxygen atoms in total. The first kappa shape index (κ1) is 16.4. The second kappa shape index (κ2) is 6.89. The van der Waals surface area contributed by atoms with E-state index in [1.54, 1.807) is 0 Å². The van der Waals surface area contributed by atoms with Crippen molar-refractivity contribution in [1.82, 2.24) is 9.88 Å². The van der Waals surface area contributed by atoms with E-state index >= 15 is 0 Å². The predicted molar refractivity (Wildman–Crippen MR) is 87.5 cm³/mol. The molecule has 0 aromatic carbocycles. The summed E-state index contributed by atoms with van der Waals surface area (Å²) in [5.41, 5.74) is 3.56. The molecule has 0 saturated heterocycles. The molecule has 0 atom stereocenters. The number of ether oxygens (including phenoxy) is 1. The van der Waals surface area contributed by atoms with Crippen LogP contribution < -0.4 is 0 Å². The van der Waals surface area contributed by atoms with Crippen molar-refractivity contribution in [2.24, 2.45) is 0 Å². The monoisotopic (exact) mass is 290 g/mol. The lowest BCUT2D eigenvalue weighted by atomic mass is 9.78. The normalized spacial score (nSPS) is 18.4. The Morgan fingerprint density at radius 1 is 1.19 bits per heavy atom. The van der Waals surface area contributed by atoms with Gasteiger partial charge in [0, 0.05) is 24.9 Å². The van der Waals surface area contributed by atoms with Crippen LogP contribution in [0.25, 0.3) is 0 Å². The second-order valence-corrected chi connectivity index (χ2v) is 6.88. The van der Waals surface area contributed by atoms with E-state index < -0.39 is 0 Å². The topological polar surface area (TPSA) is 25.4 Å². The van der Waals surface area contributed by atoms with E-state index in [0.29, 0.717) is 5.92 Å². The Labute approximate surface area is 129 Å². The van der Waals surface area contributed by atoms with E-state index in [0.717, 1.165) is 19.4 Å². The van der Waals surface area contributed by atoms with Crippen LogP contribution in [0.1, 0.15) is 68.8 Å². The minimum atomic E-state index is -0.119. The molecule has 1 aliphatic carbocycles. The summed E-state index contributed by atoms with van der Waals surface area (Å²) in [5.74, 6) is 0.463. The lowest BCUT2D eigenvalue weighted by Gasteiger charge is -2.38. The van der Waals surface area contributed by atoms with Gasteiger partial charge in [-0.15, -0.1) is 0 Å². The highest BCUT2D eigenvalue weighted by atomic mass is 16.5. The van der Waals surface area contributed by atoms with Crippen molar-refractivity contribution in [3.63, 3.8) is 0 Å². The summed E-state index contributed by atoms with van der Waals surface area (Å²) < 4.78 is 6.03. The Morgan fingerprint density at radius 3 is 2.38 bits per heavy atom. The second-order valence-electron chi connectivity index (χ2n) is 6.88. The van der Waals surface area contributed by atoms with Crippen LogP contribution in [0.2, 0.25) is 0 Å². The molecule has 1 fully saturated rings. The Kier molecular flexibility index (Phi) is 5.39. The van der Waals surface area contributed by atoms with Gasteiger partial charge in [-0.25, -0.2) is 0 Å². The van der Waals surface area contributed by atoms with Gasteiger partial charge in [-0.3, -0.25) is 4.98 Å². The summed E-state index contributed by atoms with van der Waals surface area (Å²) in [4.78, 5) is 7.16.